The molecule has 34 heavy (non-hydrogen) atoms. The lowest BCUT2D eigenvalue weighted by atomic mass is 10.1. The van der Waals surface area contributed by atoms with E-state index in [9.17, 15) is 5.11 Å². The maximum Gasteiger partial charge on any atom is 0.162 e. The van der Waals surface area contributed by atoms with Crippen LogP contribution in [0.5, 0.6) is 5.75 Å². The molecule has 5 aromatic rings. The molecule has 3 aromatic heterocycles. The molecule has 0 saturated carbocycles. The third-order valence-corrected chi connectivity index (χ3v) is 5.55. The Balaban J connectivity index is 1.55. The molecule has 168 valence electrons. The Labute approximate surface area is 197 Å². The van der Waals surface area contributed by atoms with Crippen LogP contribution in [0.25, 0.3) is 33.5 Å². The highest BCUT2D eigenvalue weighted by atomic mass is 16.3. The molecule has 1 unspecified atom stereocenters. The van der Waals surface area contributed by atoms with E-state index in [2.05, 4.69) is 27.4 Å². The van der Waals surface area contributed by atoms with Gasteiger partial charge in [-0.25, -0.2) is 9.97 Å². The highest BCUT2D eigenvalue weighted by Crippen LogP contribution is 2.32. The fourth-order valence-corrected chi connectivity index (χ4v) is 3.90. The first kappa shape index (κ1) is 21.5. The topological polar surface area (TPSA) is 110 Å². The average Bonchev–Trinajstić information content (AvgIpc) is 2.88. The molecule has 3 heterocycles. The molecule has 7 heteroatoms. The van der Waals surface area contributed by atoms with Crippen LogP contribution >= 0.6 is 0 Å². The number of pyridine rings is 2. The number of nitrogens with two attached hydrogens (primary N) is 1. The fourth-order valence-electron chi connectivity index (χ4n) is 3.90. The van der Waals surface area contributed by atoms with Crippen LogP contribution in [0.1, 0.15) is 5.56 Å². The van der Waals surface area contributed by atoms with Gasteiger partial charge in [0.05, 0.1) is 5.69 Å². The number of phenols is 1. The number of hydrogen-bond acceptors (Lipinski definition) is 7. The third kappa shape index (κ3) is 4.69. The van der Waals surface area contributed by atoms with Gasteiger partial charge in [0.15, 0.2) is 5.82 Å². The van der Waals surface area contributed by atoms with Crippen molar-refractivity contribution < 1.29 is 5.11 Å². The number of nitrogens with one attached hydrogen (secondary N) is 1. The zero-order valence-corrected chi connectivity index (χ0v) is 18.5. The number of nitrogens with zero attached hydrogens (tertiary/aromatic N) is 4. The summed E-state index contributed by atoms with van der Waals surface area (Å²) in [6, 6.07) is 22.7. The molecule has 0 radical (unpaired) electrons. The van der Waals surface area contributed by atoms with E-state index < -0.39 is 0 Å². The first-order valence-corrected chi connectivity index (χ1v) is 11.1. The van der Waals surface area contributed by atoms with E-state index in [0.717, 1.165) is 22.9 Å². The predicted octanol–water partition coefficient (Wildman–Crippen LogP) is 4.44. The highest BCUT2D eigenvalue weighted by molar-refractivity contribution is 5.98. The van der Waals surface area contributed by atoms with Gasteiger partial charge in [0.2, 0.25) is 0 Å². The van der Waals surface area contributed by atoms with Gasteiger partial charge in [-0.3, -0.25) is 9.97 Å². The van der Waals surface area contributed by atoms with Crippen molar-refractivity contribution in [3.8, 4) is 28.4 Å². The molecule has 0 saturated heterocycles. The van der Waals surface area contributed by atoms with Crippen LogP contribution < -0.4 is 11.1 Å². The number of anilines is 1. The van der Waals surface area contributed by atoms with E-state index in [4.69, 9.17) is 15.7 Å². The molecule has 2 aromatic carbocycles. The van der Waals surface area contributed by atoms with Crippen molar-refractivity contribution >= 4 is 16.7 Å². The van der Waals surface area contributed by atoms with Gasteiger partial charge >= 0.3 is 0 Å². The van der Waals surface area contributed by atoms with Crippen LogP contribution in [-0.4, -0.2) is 37.6 Å². The summed E-state index contributed by atoms with van der Waals surface area (Å²) in [7, 11) is 0. The van der Waals surface area contributed by atoms with E-state index in [-0.39, 0.29) is 11.8 Å². The molecule has 7 nitrogen and oxygen atoms in total. The summed E-state index contributed by atoms with van der Waals surface area (Å²) < 4.78 is 0. The SMILES string of the molecule is NC(CNc1nc(-c2ccncc2)nc2c(-c3cccc(O)c3)nccc12)Cc1ccccc1. The summed E-state index contributed by atoms with van der Waals surface area (Å²) in [4.78, 5) is 18.4. The number of phenolic OH excluding ortho intramolecular Hbond substituents is 1. The molecule has 0 spiro atoms. The van der Waals surface area contributed by atoms with Crippen molar-refractivity contribution in [2.45, 2.75) is 12.5 Å². The summed E-state index contributed by atoms with van der Waals surface area (Å²) in [5.41, 5.74) is 10.6. The summed E-state index contributed by atoms with van der Waals surface area (Å²) >= 11 is 0. The largest absolute Gasteiger partial charge is 0.508 e. The lowest BCUT2D eigenvalue weighted by molar-refractivity contribution is 0.475. The molecule has 0 amide bonds. The van der Waals surface area contributed by atoms with E-state index in [1.165, 1.54) is 5.56 Å². The molecule has 5 rings (SSSR count). The van der Waals surface area contributed by atoms with Crippen LogP contribution in [-0.2, 0) is 6.42 Å². The van der Waals surface area contributed by atoms with Crippen LogP contribution in [0.3, 0.4) is 0 Å². The normalized spacial score (nSPS) is 11.9. The lowest BCUT2D eigenvalue weighted by Gasteiger charge is -2.16. The molecule has 0 aliphatic heterocycles. The Kier molecular flexibility index (Phi) is 6.09. The zero-order chi connectivity index (χ0) is 23.3. The maximum atomic E-state index is 10.0. The number of benzene rings is 2. The summed E-state index contributed by atoms with van der Waals surface area (Å²) in [5, 5.41) is 14.3. The van der Waals surface area contributed by atoms with Crippen molar-refractivity contribution in [3.05, 3.63) is 97.0 Å². The van der Waals surface area contributed by atoms with Gasteiger partial charge in [-0.1, -0.05) is 42.5 Å². The predicted molar refractivity (Wildman–Crippen MR) is 134 cm³/mol. The Morgan fingerprint density at radius 3 is 2.47 bits per heavy atom. The van der Waals surface area contributed by atoms with Crippen LogP contribution in [0, 0.1) is 0 Å². The second kappa shape index (κ2) is 9.64. The van der Waals surface area contributed by atoms with Crippen molar-refractivity contribution in [1.82, 2.24) is 19.9 Å². The van der Waals surface area contributed by atoms with E-state index in [1.807, 2.05) is 42.5 Å². The number of aromatic hydroxyl groups is 1. The highest BCUT2D eigenvalue weighted by Gasteiger charge is 2.16. The fraction of sp³-hybridized carbons (Fsp3) is 0.111. The van der Waals surface area contributed by atoms with E-state index >= 15 is 0 Å². The summed E-state index contributed by atoms with van der Waals surface area (Å²) in [6.45, 7) is 0.542. The van der Waals surface area contributed by atoms with Gasteiger partial charge in [0.25, 0.3) is 0 Å². The second-order valence-electron chi connectivity index (χ2n) is 8.07. The Bertz CT molecular complexity index is 1410. The van der Waals surface area contributed by atoms with Gasteiger partial charge in [-0.05, 0) is 42.3 Å². The van der Waals surface area contributed by atoms with Crippen molar-refractivity contribution in [2.75, 3.05) is 11.9 Å². The summed E-state index contributed by atoms with van der Waals surface area (Å²) in [6.07, 6.45) is 5.91. The maximum absolute atomic E-state index is 10.0. The van der Waals surface area contributed by atoms with E-state index in [1.54, 1.807) is 36.8 Å². The molecule has 0 fully saturated rings. The minimum absolute atomic E-state index is 0.0934. The first-order valence-electron chi connectivity index (χ1n) is 11.1. The molecule has 4 N–H and O–H groups in total. The quantitative estimate of drug-likeness (QED) is 0.338. The monoisotopic (exact) mass is 448 g/mol. The minimum Gasteiger partial charge on any atom is -0.508 e. The standard InChI is InChI=1S/C27H24N6O/c28-21(15-18-5-2-1-3-6-18)17-31-27-23-11-14-30-24(20-7-4-8-22(34)16-20)25(23)32-26(33-27)19-9-12-29-13-10-19/h1-14,16,21,34H,15,17,28H2,(H,31,32,33). The van der Waals surface area contributed by atoms with Gasteiger partial charge < -0.3 is 16.2 Å². The van der Waals surface area contributed by atoms with Crippen molar-refractivity contribution in [3.63, 3.8) is 0 Å². The first-order chi connectivity index (χ1) is 16.7. The van der Waals surface area contributed by atoms with Crippen LogP contribution in [0.15, 0.2) is 91.4 Å². The Hall–Kier alpha value is -4.36. The summed E-state index contributed by atoms with van der Waals surface area (Å²) in [5.74, 6) is 1.41. The number of hydrogen-bond donors (Lipinski definition) is 3. The Morgan fingerprint density at radius 1 is 0.853 bits per heavy atom. The minimum atomic E-state index is -0.0934. The van der Waals surface area contributed by atoms with Gasteiger partial charge in [-0.2, -0.15) is 0 Å². The lowest BCUT2D eigenvalue weighted by Crippen LogP contribution is -2.31. The number of aromatic nitrogens is 4. The molecule has 0 bridgehead atoms. The zero-order valence-electron chi connectivity index (χ0n) is 18.5. The molecule has 1 atom stereocenters. The van der Waals surface area contributed by atoms with E-state index in [0.29, 0.717) is 29.4 Å². The molecule has 0 aliphatic rings. The third-order valence-electron chi connectivity index (χ3n) is 5.55. The molecule has 0 aliphatic carbocycles. The second-order valence-corrected chi connectivity index (χ2v) is 8.07. The van der Waals surface area contributed by atoms with Crippen LogP contribution in [0.2, 0.25) is 0 Å². The Morgan fingerprint density at radius 2 is 1.68 bits per heavy atom. The smallest absolute Gasteiger partial charge is 0.162 e. The van der Waals surface area contributed by atoms with Crippen molar-refractivity contribution in [2.24, 2.45) is 5.73 Å². The molecular formula is C27H24N6O. The van der Waals surface area contributed by atoms with Gasteiger partial charge in [0.1, 0.15) is 17.1 Å². The average molecular weight is 449 g/mol. The van der Waals surface area contributed by atoms with Crippen LogP contribution in [0.4, 0.5) is 5.82 Å². The number of rotatable bonds is 7. The van der Waals surface area contributed by atoms with Crippen molar-refractivity contribution in [1.29, 1.82) is 0 Å². The number of fused-ring (bicyclic) bond motifs is 1. The van der Waals surface area contributed by atoms with Gasteiger partial charge in [0, 0.05) is 47.7 Å². The van der Waals surface area contributed by atoms with Gasteiger partial charge in [-0.15, -0.1) is 0 Å². The molecular weight excluding hydrogens is 424 g/mol.